The van der Waals surface area contributed by atoms with E-state index in [-0.39, 0.29) is 6.10 Å². The van der Waals surface area contributed by atoms with Crippen LogP contribution in [-0.2, 0) is 0 Å². The molecule has 0 spiro atoms. The molecule has 52 valence electrons. The lowest BCUT2D eigenvalue weighted by Gasteiger charge is -2.15. The molecule has 2 aliphatic heterocycles. The largest absolute Gasteiger partial charge is 0.391 e. The van der Waals surface area contributed by atoms with Gasteiger partial charge in [-0.05, 0) is 25.8 Å². The summed E-state index contributed by atoms with van der Waals surface area (Å²) in [4.78, 5) is 2.41. The SMILES string of the molecule is O[C@H]1CCN2CCC[C@@H]12. The minimum Gasteiger partial charge on any atom is -0.391 e. The number of hydrogen-bond acceptors (Lipinski definition) is 2. The van der Waals surface area contributed by atoms with Gasteiger partial charge in [0.2, 0.25) is 0 Å². The Morgan fingerprint density at radius 3 is 2.89 bits per heavy atom. The smallest absolute Gasteiger partial charge is 0.0707 e. The molecule has 2 atom stereocenters. The fourth-order valence-corrected chi connectivity index (χ4v) is 2.06. The quantitative estimate of drug-likeness (QED) is 0.503. The lowest BCUT2D eigenvalue weighted by molar-refractivity contribution is 0.136. The van der Waals surface area contributed by atoms with Gasteiger partial charge in [0.05, 0.1) is 6.10 Å². The number of nitrogens with zero attached hydrogens (tertiary/aromatic N) is 1. The summed E-state index contributed by atoms with van der Waals surface area (Å²) in [6.07, 6.45) is 3.51. The summed E-state index contributed by atoms with van der Waals surface area (Å²) in [5.74, 6) is 0. The lowest BCUT2D eigenvalue weighted by Crippen LogP contribution is -2.28. The van der Waals surface area contributed by atoms with Gasteiger partial charge in [0.15, 0.2) is 0 Å². The summed E-state index contributed by atoms with van der Waals surface area (Å²) in [6, 6.07) is 0.532. The summed E-state index contributed by atoms with van der Waals surface area (Å²) in [5, 5.41) is 9.36. The van der Waals surface area contributed by atoms with E-state index in [2.05, 4.69) is 4.90 Å². The van der Waals surface area contributed by atoms with Crippen LogP contribution in [0.15, 0.2) is 0 Å². The molecule has 0 aromatic heterocycles. The van der Waals surface area contributed by atoms with E-state index in [1.807, 2.05) is 0 Å². The zero-order valence-electron chi connectivity index (χ0n) is 5.58. The molecule has 1 N–H and O–H groups in total. The van der Waals surface area contributed by atoms with Crippen LogP contribution < -0.4 is 0 Å². The maximum Gasteiger partial charge on any atom is 0.0707 e. The highest BCUT2D eigenvalue weighted by atomic mass is 16.3. The molecular weight excluding hydrogens is 114 g/mol. The van der Waals surface area contributed by atoms with E-state index in [4.69, 9.17) is 0 Å². The fraction of sp³-hybridized carbons (Fsp3) is 1.00. The van der Waals surface area contributed by atoms with E-state index in [0.717, 1.165) is 13.0 Å². The van der Waals surface area contributed by atoms with Crippen molar-refractivity contribution in [2.24, 2.45) is 0 Å². The van der Waals surface area contributed by atoms with Crippen LogP contribution in [0.5, 0.6) is 0 Å². The molecule has 2 heterocycles. The fourth-order valence-electron chi connectivity index (χ4n) is 2.06. The average Bonchev–Trinajstić information content (AvgIpc) is 2.35. The minimum atomic E-state index is -0.00694. The van der Waals surface area contributed by atoms with Crippen LogP contribution in [0.3, 0.4) is 0 Å². The second-order valence-corrected chi connectivity index (χ2v) is 3.10. The topological polar surface area (TPSA) is 23.5 Å². The Hall–Kier alpha value is -0.0800. The van der Waals surface area contributed by atoms with E-state index >= 15 is 0 Å². The van der Waals surface area contributed by atoms with Gasteiger partial charge in [-0.15, -0.1) is 0 Å². The molecule has 0 radical (unpaired) electrons. The zero-order valence-corrected chi connectivity index (χ0v) is 5.58. The van der Waals surface area contributed by atoms with Crippen LogP contribution in [0.2, 0.25) is 0 Å². The Balaban J connectivity index is 2.07. The zero-order chi connectivity index (χ0) is 6.27. The molecule has 2 rings (SSSR count). The molecule has 2 heteroatoms. The van der Waals surface area contributed by atoms with Crippen LogP contribution in [0.25, 0.3) is 0 Å². The molecule has 0 amide bonds. The van der Waals surface area contributed by atoms with Gasteiger partial charge in [-0.3, -0.25) is 4.90 Å². The van der Waals surface area contributed by atoms with Crippen molar-refractivity contribution in [2.45, 2.75) is 31.4 Å². The molecular formula is C7H13NO. The van der Waals surface area contributed by atoms with Gasteiger partial charge in [-0.25, -0.2) is 0 Å². The summed E-state index contributed by atoms with van der Waals surface area (Å²) < 4.78 is 0. The molecule has 2 aliphatic rings. The van der Waals surface area contributed by atoms with Crippen molar-refractivity contribution in [1.29, 1.82) is 0 Å². The van der Waals surface area contributed by atoms with E-state index in [1.54, 1.807) is 0 Å². The van der Waals surface area contributed by atoms with Crippen LogP contribution in [0.4, 0.5) is 0 Å². The van der Waals surface area contributed by atoms with Gasteiger partial charge in [0, 0.05) is 12.6 Å². The van der Waals surface area contributed by atoms with Crippen LogP contribution in [0, 0.1) is 0 Å². The molecule has 0 aromatic carbocycles. The third-order valence-corrected chi connectivity index (χ3v) is 2.57. The first kappa shape index (κ1) is 5.69. The first-order valence-electron chi connectivity index (χ1n) is 3.80. The first-order chi connectivity index (χ1) is 4.38. The molecule has 9 heavy (non-hydrogen) atoms. The van der Waals surface area contributed by atoms with Crippen molar-refractivity contribution in [1.82, 2.24) is 4.90 Å². The maximum atomic E-state index is 9.36. The minimum absolute atomic E-state index is 0.00694. The van der Waals surface area contributed by atoms with Crippen LogP contribution >= 0.6 is 0 Å². The maximum absolute atomic E-state index is 9.36. The molecule has 0 saturated carbocycles. The van der Waals surface area contributed by atoms with Gasteiger partial charge >= 0.3 is 0 Å². The van der Waals surface area contributed by atoms with Crippen molar-refractivity contribution in [3.63, 3.8) is 0 Å². The van der Waals surface area contributed by atoms with Gasteiger partial charge in [0.1, 0.15) is 0 Å². The average molecular weight is 127 g/mol. The van der Waals surface area contributed by atoms with Gasteiger partial charge < -0.3 is 5.11 Å². The Morgan fingerprint density at radius 2 is 2.11 bits per heavy atom. The number of rotatable bonds is 0. The van der Waals surface area contributed by atoms with Crippen molar-refractivity contribution >= 4 is 0 Å². The molecule has 0 unspecified atom stereocenters. The summed E-state index contributed by atoms with van der Waals surface area (Å²) in [5.41, 5.74) is 0. The van der Waals surface area contributed by atoms with Gasteiger partial charge in [-0.1, -0.05) is 0 Å². The second kappa shape index (κ2) is 1.96. The molecule has 0 aromatic rings. The van der Waals surface area contributed by atoms with Crippen molar-refractivity contribution < 1.29 is 5.11 Å². The molecule has 0 bridgehead atoms. The number of aliphatic hydroxyl groups excluding tert-OH is 1. The van der Waals surface area contributed by atoms with E-state index in [0.29, 0.717) is 6.04 Å². The summed E-state index contributed by atoms with van der Waals surface area (Å²) >= 11 is 0. The predicted molar refractivity (Wildman–Crippen MR) is 35.2 cm³/mol. The van der Waals surface area contributed by atoms with E-state index < -0.39 is 0 Å². The van der Waals surface area contributed by atoms with E-state index in [9.17, 15) is 5.11 Å². The third kappa shape index (κ3) is 0.775. The summed E-state index contributed by atoms with van der Waals surface area (Å²) in [7, 11) is 0. The Morgan fingerprint density at radius 1 is 1.22 bits per heavy atom. The second-order valence-electron chi connectivity index (χ2n) is 3.10. The van der Waals surface area contributed by atoms with Gasteiger partial charge in [0.25, 0.3) is 0 Å². The van der Waals surface area contributed by atoms with Gasteiger partial charge in [-0.2, -0.15) is 0 Å². The highest BCUT2D eigenvalue weighted by Crippen LogP contribution is 2.27. The number of fused-ring (bicyclic) bond motifs is 1. The molecule has 2 nitrogen and oxygen atoms in total. The highest BCUT2D eigenvalue weighted by molar-refractivity contribution is 4.90. The Kier molecular flexibility index (Phi) is 1.24. The molecule has 2 fully saturated rings. The number of hydrogen-bond donors (Lipinski definition) is 1. The normalized spacial score (nSPS) is 43.7. The van der Waals surface area contributed by atoms with Crippen LogP contribution in [0.1, 0.15) is 19.3 Å². The molecule has 0 aliphatic carbocycles. The first-order valence-corrected chi connectivity index (χ1v) is 3.80. The monoisotopic (exact) mass is 127 g/mol. The lowest BCUT2D eigenvalue weighted by atomic mass is 10.1. The van der Waals surface area contributed by atoms with E-state index in [1.165, 1.54) is 19.4 Å². The Labute approximate surface area is 55.5 Å². The highest BCUT2D eigenvalue weighted by Gasteiger charge is 2.35. The summed E-state index contributed by atoms with van der Waals surface area (Å²) in [6.45, 7) is 2.35. The standard InChI is InChI=1S/C7H13NO/c9-7-3-5-8-4-1-2-6(7)8/h6-7,9H,1-5H2/t6-,7-/m0/s1. The third-order valence-electron chi connectivity index (χ3n) is 2.57. The predicted octanol–water partition coefficient (Wildman–Crippen LogP) is 0.215. The Bertz CT molecular complexity index is 115. The molecule has 2 saturated heterocycles. The van der Waals surface area contributed by atoms with Crippen LogP contribution in [-0.4, -0.2) is 35.2 Å². The van der Waals surface area contributed by atoms with Crippen molar-refractivity contribution in [3.05, 3.63) is 0 Å². The van der Waals surface area contributed by atoms with Crippen molar-refractivity contribution in [3.8, 4) is 0 Å². The number of aliphatic hydroxyl groups is 1. The van der Waals surface area contributed by atoms with Crippen molar-refractivity contribution in [2.75, 3.05) is 13.1 Å².